The van der Waals surface area contributed by atoms with E-state index in [0.29, 0.717) is 18.4 Å². The van der Waals surface area contributed by atoms with E-state index in [0.717, 1.165) is 0 Å². The molecule has 3 aromatic rings. The number of ether oxygens (including phenoxy) is 3. The zero-order chi connectivity index (χ0) is 34.6. The Bertz CT molecular complexity index is 1880. The maximum atomic E-state index is 13.8. The summed E-state index contributed by atoms with van der Waals surface area (Å²) < 4.78 is 57.4. The summed E-state index contributed by atoms with van der Waals surface area (Å²) in [5.74, 6) is -2.34. The van der Waals surface area contributed by atoms with Crippen LogP contribution in [-0.4, -0.2) is 54.9 Å². The highest BCUT2D eigenvalue weighted by Crippen LogP contribution is 2.67. The van der Waals surface area contributed by atoms with Gasteiger partial charge in [0.05, 0.1) is 11.0 Å². The summed E-state index contributed by atoms with van der Waals surface area (Å²) in [5, 5.41) is 12.3. The van der Waals surface area contributed by atoms with Crippen LogP contribution in [0.15, 0.2) is 75.0 Å². The fourth-order valence-corrected chi connectivity index (χ4v) is 9.78. The second kappa shape index (κ2) is 12.1. The largest absolute Gasteiger partial charge is 0.484 e. The van der Waals surface area contributed by atoms with Crippen molar-refractivity contribution in [1.82, 2.24) is 4.98 Å². The fourth-order valence-electron chi connectivity index (χ4n) is 8.60. The number of aliphatic hydroxyl groups is 1. The topological polar surface area (TPSA) is 169 Å². The second-order valence-corrected chi connectivity index (χ2v) is 15.3. The molecule has 0 bridgehead atoms. The summed E-state index contributed by atoms with van der Waals surface area (Å²) in [6, 6.07) is 12.6. The summed E-state index contributed by atoms with van der Waals surface area (Å²) in [6.45, 7) is 7.89. The molecule has 3 aliphatic rings. The van der Waals surface area contributed by atoms with E-state index < -0.39 is 74.3 Å². The highest BCUT2D eigenvalue weighted by atomic mass is 32.2. The van der Waals surface area contributed by atoms with Gasteiger partial charge in [-0.2, -0.15) is 8.42 Å². The van der Waals surface area contributed by atoms with Gasteiger partial charge in [-0.05, 0) is 61.8 Å². The molecule has 12 nitrogen and oxygen atoms in total. The van der Waals surface area contributed by atoms with Gasteiger partial charge in [-0.15, -0.1) is 0 Å². The molecule has 48 heavy (non-hydrogen) atoms. The lowest BCUT2D eigenvalue weighted by Crippen LogP contribution is -2.71. The number of hydrogen-bond acceptors (Lipinski definition) is 12. The minimum absolute atomic E-state index is 0.0420. The molecule has 0 amide bonds. The van der Waals surface area contributed by atoms with E-state index in [1.165, 1.54) is 38.2 Å². The van der Waals surface area contributed by atoms with Gasteiger partial charge in [0.1, 0.15) is 41.5 Å². The third-order valence-corrected chi connectivity index (χ3v) is 12.0. The smallest absolute Gasteiger partial charge is 0.345 e. The lowest BCUT2D eigenvalue weighted by atomic mass is 9.42. The molecule has 2 saturated carbocycles. The zero-order valence-electron chi connectivity index (χ0n) is 27.4. The number of esters is 2. The predicted octanol–water partition coefficient (Wildman–Crippen LogP) is 4.60. The van der Waals surface area contributed by atoms with Gasteiger partial charge in [-0.1, -0.05) is 32.0 Å². The van der Waals surface area contributed by atoms with E-state index in [1.807, 2.05) is 13.8 Å². The molecule has 3 heterocycles. The summed E-state index contributed by atoms with van der Waals surface area (Å²) in [5.41, 5.74) is -3.82. The van der Waals surface area contributed by atoms with Crippen LogP contribution in [-0.2, 0) is 33.4 Å². The number of rotatable bonds is 7. The number of fused-ring (bicyclic) bond motifs is 4. The second-order valence-electron chi connectivity index (χ2n) is 13.7. The Hall–Kier alpha value is -4.07. The first-order valence-corrected chi connectivity index (χ1v) is 17.3. The first kappa shape index (κ1) is 33.8. The number of benzene rings is 1. The highest BCUT2D eigenvalue weighted by Gasteiger charge is 2.71. The van der Waals surface area contributed by atoms with Crippen LogP contribution in [0.2, 0.25) is 0 Å². The van der Waals surface area contributed by atoms with E-state index in [2.05, 4.69) is 4.98 Å². The molecule has 0 saturated heterocycles. The van der Waals surface area contributed by atoms with E-state index in [1.54, 1.807) is 43.5 Å². The van der Waals surface area contributed by atoms with Crippen LogP contribution in [0.25, 0.3) is 11.3 Å². The maximum Gasteiger partial charge on any atom is 0.345 e. The molecule has 2 fully saturated rings. The van der Waals surface area contributed by atoms with Gasteiger partial charge >= 0.3 is 17.6 Å². The Labute approximate surface area is 278 Å². The van der Waals surface area contributed by atoms with Crippen LogP contribution in [0, 0.1) is 22.7 Å². The van der Waals surface area contributed by atoms with Crippen LogP contribution < -0.4 is 10.4 Å². The molecule has 13 heteroatoms. The maximum absolute atomic E-state index is 13.8. The van der Waals surface area contributed by atoms with Gasteiger partial charge in [-0.25, -0.2) is 4.79 Å². The van der Waals surface area contributed by atoms with Crippen molar-refractivity contribution in [2.75, 3.05) is 6.61 Å². The van der Waals surface area contributed by atoms with Gasteiger partial charge in [0.2, 0.25) is 0 Å². The van der Waals surface area contributed by atoms with E-state index >= 15 is 0 Å². The summed E-state index contributed by atoms with van der Waals surface area (Å²) >= 11 is 0. The number of hydrogen-bond donors (Lipinski definition) is 1. The van der Waals surface area contributed by atoms with Gasteiger partial charge in [0.15, 0.2) is 0 Å². The van der Waals surface area contributed by atoms with Crippen LogP contribution in [0.1, 0.15) is 65.5 Å². The average Bonchev–Trinajstić information content (AvgIpc) is 3.03. The fraction of sp³-hybridized carbons (Fsp3) is 0.486. The first-order chi connectivity index (χ1) is 22.6. The van der Waals surface area contributed by atoms with Gasteiger partial charge < -0.3 is 23.7 Å². The van der Waals surface area contributed by atoms with Crippen molar-refractivity contribution < 1.29 is 45.9 Å². The lowest BCUT2D eigenvalue weighted by Gasteiger charge is -2.66. The number of nitrogens with zero attached hydrogens (tertiary/aromatic N) is 1. The van der Waals surface area contributed by atoms with Gasteiger partial charge in [-0.3, -0.25) is 18.8 Å². The van der Waals surface area contributed by atoms with Crippen molar-refractivity contribution in [3.63, 3.8) is 0 Å². The van der Waals surface area contributed by atoms with Crippen molar-refractivity contribution in [1.29, 1.82) is 0 Å². The Morgan fingerprint density at radius 3 is 2.42 bits per heavy atom. The number of pyridine rings is 1. The number of aromatic nitrogens is 1. The molecule has 1 N–H and O–H groups in total. The SMILES string of the molecule is CC(=O)OC[C@@]1(C)[C@@H]2C[C@H](OS(=O)(=O)c3ccccc3)[C@@]3(C)Oc4cc(-c5cccnc5)oc(=O)c4[C@H](O)[C@@H]3[C@@]2(C)CC[C@@H]1OC(C)=O. The predicted molar refractivity (Wildman–Crippen MR) is 170 cm³/mol. The van der Waals surface area contributed by atoms with Crippen molar-refractivity contribution in [3.8, 4) is 17.1 Å². The highest BCUT2D eigenvalue weighted by molar-refractivity contribution is 7.86. The molecule has 6 rings (SSSR count). The van der Waals surface area contributed by atoms with E-state index in [9.17, 15) is 27.9 Å². The molecule has 1 aromatic carbocycles. The summed E-state index contributed by atoms with van der Waals surface area (Å²) in [6.07, 6.45) is 0.511. The van der Waals surface area contributed by atoms with E-state index in [4.69, 9.17) is 22.8 Å². The molecule has 256 valence electrons. The van der Waals surface area contributed by atoms with Crippen molar-refractivity contribution in [2.45, 2.75) is 82.7 Å². The average molecular weight is 682 g/mol. The number of aliphatic hydroxyl groups excluding tert-OH is 1. The lowest BCUT2D eigenvalue weighted by molar-refractivity contribution is -0.262. The minimum Gasteiger partial charge on any atom is -0.484 e. The van der Waals surface area contributed by atoms with E-state index in [-0.39, 0.29) is 35.0 Å². The third-order valence-electron chi connectivity index (χ3n) is 10.7. The van der Waals surface area contributed by atoms with Gasteiger partial charge in [0.25, 0.3) is 10.1 Å². The molecule has 0 spiro atoms. The summed E-state index contributed by atoms with van der Waals surface area (Å²) in [7, 11) is -4.38. The molecular formula is C35H39NO11S. The van der Waals surface area contributed by atoms with Gasteiger partial charge in [0, 0.05) is 49.2 Å². The monoisotopic (exact) mass is 681 g/mol. The molecule has 8 atom stereocenters. The normalized spacial score (nSPS) is 32.5. The van der Waals surface area contributed by atoms with Crippen LogP contribution >= 0.6 is 0 Å². The number of carbonyl (C=O) groups excluding carboxylic acids is 2. The molecule has 2 aliphatic carbocycles. The summed E-state index contributed by atoms with van der Waals surface area (Å²) in [4.78, 5) is 42.0. The third kappa shape index (κ3) is 5.61. The van der Waals surface area contributed by atoms with Crippen LogP contribution in [0.3, 0.4) is 0 Å². The van der Waals surface area contributed by atoms with Crippen molar-refractivity contribution >= 4 is 22.1 Å². The van der Waals surface area contributed by atoms with Crippen molar-refractivity contribution in [3.05, 3.63) is 76.9 Å². The molecular weight excluding hydrogens is 642 g/mol. The standard InChI is InChI=1S/C35H39NO11S/c1-20(37)43-19-34(4)26-17-28(47-48(41,42)23-11-7-6-8-12-23)35(5)31(33(26,3)14-13-27(34)44-21(2)38)30(39)29-25(46-35)16-24(45-32(29)40)22-10-9-15-36-18-22/h6-12,15-16,18,26-28,30-31,39H,13-14,17,19H2,1-5H3/t26-,27+,28+,30+,31-,33+,34+,35-/m1/s1. The first-order valence-electron chi connectivity index (χ1n) is 15.8. The Balaban J connectivity index is 1.53. The van der Waals surface area contributed by atoms with Crippen LogP contribution in [0.4, 0.5) is 0 Å². The molecule has 2 aromatic heterocycles. The Kier molecular flexibility index (Phi) is 8.54. The zero-order valence-corrected chi connectivity index (χ0v) is 28.2. The minimum atomic E-state index is -4.38. The Morgan fingerprint density at radius 1 is 1.04 bits per heavy atom. The number of carbonyl (C=O) groups is 2. The Morgan fingerprint density at radius 2 is 1.77 bits per heavy atom. The van der Waals surface area contributed by atoms with Crippen LogP contribution in [0.5, 0.6) is 5.75 Å². The molecule has 1 aliphatic heterocycles. The van der Waals surface area contributed by atoms with Crippen molar-refractivity contribution in [2.24, 2.45) is 22.7 Å². The quantitative estimate of drug-likeness (QED) is 0.272. The molecule has 0 unspecified atom stereocenters. The molecule has 0 radical (unpaired) electrons.